The molecule has 0 heterocycles. The van der Waals surface area contributed by atoms with Gasteiger partial charge in [0.15, 0.2) is 0 Å². The Morgan fingerprint density at radius 2 is 2.05 bits per heavy atom. The van der Waals surface area contributed by atoms with E-state index in [0.29, 0.717) is 17.0 Å². The number of hydrogen-bond donors (Lipinski definition) is 2. The van der Waals surface area contributed by atoms with Crippen LogP contribution in [0.3, 0.4) is 0 Å². The highest BCUT2D eigenvalue weighted by molar-refractivity contribution is 5.95. The number of carboxylic acids is 1. The Morgan fingerprint density at radius 1 is 1.29 bits per heavy atom. The van der Waals surface area contributed by atoms with E-state index >= 15 is 0 Å². The van der Waals surface area contributed by atoms with Gasteiger partial charge < -0.3 is 10.4 Å². The van der Waals surface area contributed by atoms with Crippen molar-refractivity contribution in [2.75, 3.05) is 0 Å². The minimum absolute atomic E-state index is 0.0840. The maximum absolute atomic E-state index is 12.3. The molecule has 1 aliphatic rings. The van der Waals surface area contributed by atoms with Crippen molar-refractivity contribution in [2.45, 2.75) is 38.6 Å². The molecule has 2 atom stereocenters. The summed E-state index contributed by atoms with van der Waals surface area (Å²) in [5.41, 5.74) is 1.28. The number of aliphatic carboxylic acids is 1. The minimum Gasteiger partial charge on any atom is -0.478 e. The van der Waals surface area contributed by atoms with Crippen molar-refractivity contribution in [3.8, 4) is 0 Å². The van der Waals surface area contributed by atoms with Crippen LogP contribution in [-0.4, -0.2) is 23.0 Å². The van der Waals surface area contributed by atoms with Gasteiger partial charge in [-0.3, -0.25) is 4.79 Å². The molecule has 4 heteroatoms. The van der Waals surface area contributed by atoms with Crippen LogP contribution in [0.2, 0.25) is 0 Å². The summed E-state index contributed by atoms with van der Waals surface area (Å²) in [6.45, 7) is 2.18. The highest BCUT2D eigenvalue weighted by atomic mass is 16.4. The fourth-order valence-corrected chi connectivity index (χ4v) is 2.73. The number of carbonyl (C=O) groups is 2. The van der Waals surface area contributed by atoms with E-state index in [-0.39, 0.29) is 11.9 Å². The zero-order valence-corrected chi connectivity index (χ0v) is 12.2. The first-order valence-electron chi connectivity index (χ1n) is 7.38. The molecular formula is C17H21NO3. The van der Waals surface area contributed by atoms with E-state index in [0.717, 1.165) is 25.3 Å². The number of hydrogen-bond acceptors (Lipinski definition) is 2. The molecule has 1 fully saturated rings. The molecule has 2 N–H and O–H groups in total. The monoisotopic (exact) mass is 287 g/mol. The van der Waals surface area contributed by atoms with Crippen LogP contribution in [0.15, 0.2) is 30.3 Å². The van der Waals surface area contributed by atoms with Gasteiger partial charge in [-0.05, 0) is 42.5 Å². The standard InChI is InChI=1S/C17H21NO3/c1-12-5-2-3-8-15(12)18-17(21)14-7-4-6-13(11-14)9-10-16(19)20/h4,6-7,9-12,15H,2-3,5,8H2,1H3,(H,18,21)(H,19,20). The Balaban J connectivity index is 2.05. The Morgan fingerprint density at radius 3 is 2.76 bits per heavy atom. The van der Waals surface area contributed by atoms with E-state index in [9.17, 15) is 9.59 Å². The molecule has 1 amide bonds. The van der Waals surface area contributed by atoms with Crippen LogP contribution in [0.5, 0.6) is 0 Å². The predicted molar refractivity (Wildman–Crippen MR) is 82.0 cm³/mol. The van der Waals surface area contributed by atoms with Gasteiger partial charge in [-0.15, -0.1) is 0 Å². The van der Waals surface area contributed by atoms with Crippen molar-refractivity contribution < 1.29 is 14.7 Å². The van der Waals surface area contributed by atoms with Crippen LogP contribution in [-0.2, 0) is 4.79 Å². The van der Waals surface area contributed by atoms with Crippen LogP contribution in [0.25, 0.3) is 6.08 Å². The first-order valence-corrected chi connectivity index (χ1v) is 7.38. The lowest BCUT2D eigenvalue weighted by atomic mass is 9.86. The van der Waals surface area contributed by atoms with E-state index in [4.69, 9.17) is 5.11 Å². The highest BCUT2D eigenvalue weighted by Gasteiger charge is 2.23. The van der Waals surface area contributed by atoms with E-state index in [1.54, 1.807) is 24.3 Å². The first-order chi connectivity index (χ1) is 10.1. The molecule has 0 spiro atoms. The van der Waals surface area contributed by atoms with Gasteiger partial charge in [-0.1, -0.05) is 31.9 Å². The number of carboxylic acid groups (broad SMARTS) is 1. The molecule has 2 unspecified atom stereocenters. The Kier molecular flexibility index (Phi) is 5.14. The van der Waals surface area contributed by atoms with Crippen LogP contribution in [0, 0.1) is 5.92 Å². The normalized spacial score (nSPS) is 22.1. The fourth-order valence-electron chi connectivity index (χ4n) is 2.73. The Bertz CT molecular complexity index is 551. The summed E-state index contributed by atoms with van der Waals surface area (Å²) in [4.78, 5) is 22.8. The molecule has 1 saturated carbocycles. The minimum atomic E-state index is -0.999. The van der Waals surface area contributed by atoms with E-state index in [1.807, 2.05) is 0 Å². The molecule has 0 bridgehead atoms. The van der Waals surface area contributed by atoms with Crippen LogP contribution in [0.4, 0.5) is 0 Å². The molecule has 112 valence electrons. The maximum atomic E-state index is 12.3. The average Bonchev–Trinajstić information content (AvgIpc) is 2.48. The van der Waals surface area contributed by atoms with Crippen LogP contribution >= 0.6 is 0 Å². The lowest BCUT2D eigenvalue weighted by Crippen LogP contribution is -2.41. The summed E-state index contributed by atoms with van der Waals surface area (Å²) < 4.78 is 0. The number of benzene rings is 1. The van der Waals surface area contributed by atoms with E-state index < -0.39 is 5.97 Å². The van der Waals surface area contributed by atoms with Gasteiger partial charge in [0.25, 0.3) is 5.91 Å². The summed E-state index contributed by atoms with van der Waals surface area (Å²) in [7, 11) is 0. The lowest BCUT2D eigenvalue weighted by Gasteiger charge is -2.29. The molecule has 0 aliphatic heterocycles. The summed E-state index contributed by atoms with van der Waals surface area (Å²) in [5, 5.41) is 11.7. The number of amides is 1. The molecule has 1 aliphatic carbocycles. The average molecular weight is 287 g/mol. The summed E-state index contributed by atoms with van der Waals surface area (Å²) in [6, 6.07) is 7.24. The largest absolute Gasteiger partial charge is 0.478 e. The molecule has 1 aromatic rings. The van der Waals surface area contributed by atoms with Gasteiger partial charge in [0, 0.05) is 17.7 Å². The van der Waals surface area contributed by atoms with E-state index in [1.165, 1.54) is 12.5 Å². The molecule has 4 nitrogen and oxygen atoms in total. The number of carbonyl (C=O) groups excluding carboxylic acids is 1. The molecule has 0 saturated heterocycles. The van der Waals surface area contributed by atoms with Gasteiger partial charge in [0.05, 0.1) is 0 Å². The van der Waals surface area contributed by atoms with Crippen molar-refractivity contribution in [1.82, 2.24) is 5.32 Å². The molecule has 1 aromatic carbocycles. The van der Waals surface area contributed by atoms with E-state index in [2.05, 4.69) is 12.2 Å². The third-order valence-corrected chi connectivity index (χ3v) is 4.00. The van der Waals surface area contributed by atoms with Gasteiger partial charge >= 0.3 is 5.97 Å². The second-order valence-corrected chi connectivity index (χ2v) is 5.64. The quantitative estimate of drug-likeness (QED) is 0.836. The fraction of sp³-hybridized carbons (Fsp3) is 0.412. The van der Waals surface area contributed by atoms with Crippen molar-refractivity contribution in [3.05, 3.63) is 41.5 Å². The second kappa shape index (κ2) is 7.07. The second-order valence-electron chi connectivity index (χ2n) is 5.64. The molecule has 21 heavy (non-hydrogen) atoms. The Hall–Kier alpha value is -2.10. The zero-order chi connectivity index (χ0) is 15.2. The van der Waals surface area contributed by atoms with Crippen molar-refractivity contribution in [1.29, 1.82) is 0 Å². The number of nitrogens with one attached hydrogen (secondary N) is 1. The van der Waals surface area contributed by atoms with Crippen molar-refractivity contribution in [2.24, 2.45) is 5.92 Å². The summed E-state index contributed by atoms with van der Waals surface area (Å²) in [5.74, 6) is -0.571. The van der Waals surface area contributed by atoms with Crippen molar-refractivity contribution in [3.63, 3.8) is 0 Å². The molecule has 0 radical (unpaired) electrons. The number of rotatable bonds is 4. The molecule has 2 rings (SSSR count). The smallest absolute Gasteiger partial charge is 0.328 e. The van der Waals surface area contributed by atoms with Crippen LogP contribution < -0.4 is 5.32 Å². The van der Waals surface area contributed by atoms with Gasteiger partial charge in [0.1, 0.15) is 0 Å². The predicted octanol–water partition coefficient (Wildman–Crippen LogP) is 3.09. The third kappa shape index (κ3) is 4.45. The highest BCUT2D eigenvalue weighted by Crippen LogP contribution is 2.24. The molecule has 0 aromatic heterocycles. The third-order valence-electron chi connectivity index (χ3n) is 4.00. The summed E-state index contributed by atoms with van der Waals surface area (Å²) >= 11 is 0. The Labute approximate surface area is 124 Å². The van der Waals surface area contributed by atoms with Crippen LogP contribution in [0.1, 0.15) is 48.5 Å². The van der Waals surface area contributed by atoms with Gasteiger partial charge in [0.2, 0.25) is 0 Å². The molecular weight excluding hydrogens is 266 g/mol. The topological polar surface area (TPSA) is 66.4 Å². The maximum Gasteiger partial charge on any atom is 0.328 e. The first kappa shape index (κ1) is 15.3. The van der Waals surface area contributed by atoms with Gasteiger partial charge in [-0.2, -0.15) is 0 Å². The zero-order valence-electron chi connectivity index (χ0n) is 12.2. The SMILES string of the molecule is CC1CCCCC1NC(=O)c1cccc(C=CC(=O)O)c1. The van der Waals surface area contributed by atoms with Gasteiger partial charge in [-0.25, -0.2) is 4.79 Å². The lowest BCUT2D eigenvalue weighted by molar-refractivity contribution is -0.131. The van der Waals surface area contributed by atoms with Crippen molar-refractivity contribution >= 4 is 18.0 Å². The summed E-state index contributed by atoms with van der Waals surface area (Å²) in [6.07, 6.45) is 7.15.